The SMILES string of the molecule is CNCc1cnc(Oc2ccccc2C(C)(C)C)c(Cl)c1. The second-order valence-electron chi connectivity index (χ2n) is 6.01. The first-order valence-electron chi connectivity index (χ1n) is 6.98. The minimum absolute atomic E-state index is 0.00482. The van der Waals surface area contributed by atoms with Crippen LogP contribution in [-0.4, -0.2) is 12.0 Å². The number of halogens is 1. The van der Waals surface area contributed by atoms with E-state index in [4.69, 9.17) is 16.3 Å². The van der Waals surface area contributed by atoms with Gasteiger partial charge in [-0.15, -0.1) is 0 Å². The van der Waals surface area contributed by atoms with E-state index in [-0.39, 0.29) is 5.41 Å². The van der Waals surface area contributed by atoms with Crippen molar-refractivity contribution in [1.29, 1.82) is 0 Å². The lowest BCUT2D eigenvalue weighted by Crippen LogP contribution is -2.12. The molecule has 0 radical (unpaired) electrons. The number of para-hydroxylation sites is 1. The number of pyridine rings is 1. The van der Waals surface area contributed by atoms with Gasteiger partial charge in [0.25, 0.3) is 0 Å². The van der Waals surface area contributed by atoms with E-state index in [0.29, 0.717) is 10.9 Å². The quantitative estimate of drug-likeness (QED) is 0.900. The molecule has 0 fully saturated rings. The molecule has 21 heavy (non-hydrogen) atoms. The molecule has 112 valence electrons. The van der Waals surface area contributed by atoms with E-state index in [0.717, 1.165) is 23.4 Å². The zero-order valence-corrected chi connectivity index (χ0v) is 13.7. The molecule has 4 heteroatoms. The van der Waals surface area contributed by atoms with Crippen molar-refractivity contribution in [3.05, 3.63) is 52.7 Å². The molecule has 0 saturated carbocycles. The number of ether oxygens (including phenoxy) is 1. The summed E-state index contributed by atoms with van der Waals surface area (Å²) in [6.07, 6.45) is 1.78. The van der Waals surface area contributed by atoms with Crippen molar-refractivity contribution in [2.75, 3.05) is 7.05 Å². The van der Waals surface area contributed by atoms with Gasteiger partial charge in [0, 0.05) is 18.3 Å². The third-order valence-electron chi connectivity index (χ3n) is 3.15. The molecule has 0 unspecified atom stereocenters. The molecule has 2 rings (SSSR count). The average Bonchev–Trinajstić information content (AvgIpc) is 2.42. The van der Waals surface area contributed by atoms with Crippen molar-refractivity contribution in [3.63, 3.8) is 0 Å². The highest BCUT2D eigenvalue weighted by atomic mass is 35.5. The highest BCUT2D eigenvalue weighted by Crippen LogP contribution is 2.35. The third kappa shape index (κ3) is 3.96. The minimum Gasteiger partial charge on any atom is -0.437 e. The van der Waals surface area contributed by atoms with Crippen molar-refractivity contribution in [2.45, 2.75) is 32.7 Å². The molecule has 0 aliphatic rings. The van der Waals surface area contributed by atoms with Crippen LogP contribution in [-0.2, 0) is 12.0 Å². The average molecular weight is 305 g/mol. The molecule has 0 atom stereocenters. The number of aromatic nitrogens is 1. The molecule has 2 aromatic rings. The maximum absolute atomic E-state index is 6.27. The van der Waals surface area contributed by atoms with E-state index in [1.54, 1.807) is 6.20 Å². The number of hydrogen-bond acceptors (Lipinski definition) is 3. The summed E-state index contributed by atoms with van der Waals surface area (Å²) >= 11 is 6.27. The molecule has 3 nitrogen and oxygen atoms in total. The molecular weight excluding hydrogens is 284 g/mol. The topological polar surface area (TPSA) is 34.2 Å². The summed E-state index contributed by atoms with van der Waals surface area (Å²) in [5, 5.41) is 3.59. The zero-order chi connectivity index (χ0) is 15.5. The minimum atomic E-state index is -0.00482. The van der Waals surface area contributed by atoms with E-state index in [1.807, 2.05) is 31.3 Å². The van der Waals surface area contributed by atoms with E-state index in [1.165, 1.54) is 0 Å². The van der Waals surface area contributed by atoms with Gasteiger partial charge in [-0.2, -0.15) is 0 Å². The summed E-state index contributed by atoms with van der Waals surface area (Å²) in [7, 11) is 1.89. The molecule has 0 bridgehead atoms. The normalized spacial score (nSPS) is 11.5. The highest BCUT2D eigenvalue weighted by Gasteiger charge is 2.19. The Bertz CT molecular complexity index is 620. The van der Waals surface area contributed by atoms with Gasteiger partial charge < -0.3 is 10.1 Å². The molecule has 0 aliphatic carbocycles. The Labute approximate surface area is 131 Å². The Balaban J connectivity index is 2.31. The summed E-state index contributed by atoms with van der Waals surface area (Å²) in [6.45, 7) is 7.19. The van der Waals surface area contributed by atoms with Gasteiger partial charge in [0.2, 0.25) is 5.88 Å². The number of benzene rings is 1. The second-order valence-corrected chi connectivity index (χ2v) is 6.42. The first kappa shape index (κ1) is 15.8. The van der Waals surface area contributed by atoms with Crippen molar-refractivity contribution in [3.8, 4) is 11.6 Å². The third-order valence-corrected chi connectivity index (χ3v) is 3.42. The summed E-state index contributed by atoms with van der Waals surface area (Å²) < 4.78 is 5.94. The van der Waals surface area contributed by atoms with Gasteiger partial charge in [0.1, 0.15) is 10.8 Å². The Morgan fingerprint density at radius 3 is 2.57 bits per heavy atom. The van der Waals surface area contributed by atoms with Gasteiger partial charge in [-0.25, -0.2) is 4.98 Å². The van der Waals surface area contributed by atoms with Gasteiger partial charge >= 0.3 is 0 Å². The van der Waals surface area contributed by atoms with E-state index >= 15 is 0 Å². The van der Waals surface area contributed by atoms with Gasteiger partial charge in [-0.3, -0.25) is 0 Å². The Morgan fingerprint density at radius 2 is 1.95 bits per heavy atom. The monoisotopic (exact) mass is 304 g/mol. The van der Waals surface area contributed by atoms with Crippen LogP contribution >= 0.6 is 11.6 Å². The van der Waals surface area contributed by atoms with Gasteiger partial charge in [-0.05, 0) is 30.2 Å². The molecule has 0 aliphatic heterocycles. The zero-order valence-electron chi connectivity index (χ0n) is 12.9. The molecule has 0 amide bonds. The molecule has 1 aromatic carbocycles. The lowest BCUT2D eigenvalue weighted by molar-refractivity contribution is 0.439. The van der Waals surface area contributed by atoms with E-state index < -0.39 is 0 Å². The number of rotatable bonds is 4. The summed E-state index contributed by atoms with van der Waals surface area (Å²) in [5.41, 5.74) is 2.15. The Hall–Kier alpha value is -1.58. The number of nitrogens with zero attached hydrogens (tertiary/aromatic N) is 1. The lowest BCUT2D eigenvalue weighted by Gasteiger charge is -2.22. The van der Waals surface area contributed by atoms with E-state index in [9.17, 15) is 0 Å². The van der Waals surface area contributed by atoms with E-state index in [2.05, 4.69) is 37.1 Å². The lowest BCUT2D eigenvalue weighted by atomic mass is 9.86. The molecule has 1 heterocycles. The molecule has 0 spiro atoms. The summed E-state index contributed by atoms with van der Waals surface area (Å²) in [5.74, 6) is 1.23. The molecule has 1 aromatic heterocycles. The van der Waals surface area contributed by atoms with Gasteiger partial charge in [-0.1, -0.05) is 50.6 Å². The molecule has 0 saturated heterocycles. The van der Waals surface area contributed by atoms with Crippen molar-refractivity contribution < 1.29 is 4.74 Å². The first-order valence-corrected chi connectivity index (χ1v) is 7.36. The van der Waals surface area contributed by atoms with Crippen LogP contribution in [0.3, 0.4) is 0 Å². The standard InChI is InChI=1S/C17H21ClN2O/c1-17(2,3)13-7-5-6-8-15(13)21-16-14(18)9-12(10-19-4)11-20-16/h5-9,11,19H,10H2,1-4H3. The van der Waals surface area contributed by atoms with Crippen molar-refractivity contribution in [2.24, 2.45) is 0 Å². The number of nitrogens with one attached hydrogen (secondary N) is 1. The Kier molecular flexibility index (Phi) is 4.86. The summed E-state index contributed by atoms with van der Waals surface area (Å²) in [6, 6.07) is 9.85. The predicted molar refractivity (Wildman–Crippen MR) is 87.2 cm³/mol. The predicted octanol–water partition coefficient (Wildman–Crippen LogP) is 4.54. The van der Waals surface area contributed by atoms with Crippen LogP contribution in [0.15, 0.2) is 36.5 Å². The molecule has 1 N–H and O–H groups in total. The van der Waals surface area contributed by atoms with Crippen LogP contribution in [0.25, 0.3) is 0 Å². The van der Waals surface area contributed by atoms with Crippen LogP contribution in [0.2, 0.25) is 5.02 Å². The fourth-order valence-electron chi connectivity index (χ4n) is 2.12. The molecular formula is C17H21ClN2O. The summed E-state index contributed by atoms with van der Waals surface area (Å²) in [4.78, 5) is 4.32. The fraction of sp³-hybridized carbons (Fsp3) is 0.353. The van der Waals surface area contributed by atoms with Crippen molar-refractivity contribution in [1.82, 2.24) is 10.3 Å². The Morgan fingerprint density at radius 1 is 1.24 bits per heavy atom. The van der Waals surface area contributed by atoms with Crippen LogP contribution in [0.5, 0.6) is 11.6 Å². The number of hydrogen-bond donors (Lipinski definition) is 1. The van der Waals surface area contributed by atoms with Crippen LogP contribution in [0, 0.1) is 0 Å². The highest BCUT2D eigenvalue weighted by molar-refractivity contribution is 6.31. The van der Waals surface area contributed by atoms with Crippen LogP contribution in [0.4, 0.5) is 0 Å². The largest absolute Gasteiger partial charge is 0.437 e. The van der Waals surface area contributed by atoms with Crippen LogP contribution in [0.1, 0.15) is 31.9 Å². The smallest absolute Gasteiger partial charge is 0.238 e. The maximum Gasteiger partial charge on any atom is 0.238 e. The fourth-order valence-corrected chi connectivity index (χ4v) is 2.35. The van der Waals surface area contributed by atoms with Gasteiger partial charge in [0.05, 0.1) is 0 Å². The van der Waals surface area contributed by atoms with Crippen molar-refractivity contribution >= 4 is 11.6 Å². The van der Waals surface area contributed by atoms with Crippen LogP contribution < -0.4 is 10.1 Å². The second kappa shape index (κ2) is 6.46. The van der Waals surface area contributed by atoms with Gasteiger partial charge in [0.15, 0.2) is 0 Å². The maximum atomic E-state index is 6.27. The first-order chi connectivity index (χ1) is 9.91.